The summed E-state index contributed by atoms with van der Waals surface area (Å²) in [6, 6.07) is 17.7. The lowest BCUT2D eigenvalue weighted by molar-refractivity contribution is 0.758. The molecule has 2 aromatic carbocycles. The molecule has 0 bridgehead atoms. The van der Waals surface area contributed by atoms with Gasteiger partial charge < -0.3 is 0 Å². The molecule has 1 atom stereocenters. The van der Waals surface area contributed by atoms with Crippen LogP contribution in [0.15, 0.2) is 48.5 Å². The number of aryl methyl sites for hydroxylation is 2. The van der Waals surface area contributed by atoms with Crippen LogP contribution >= 0.6 is 0 Å². The van der Waals surface area contributed by atoms with Gasteiger partial charge in [0.15, 0.2) is 0 Å². The minimum atomic E-state index is 0.581. The lowest BCUT2D eigenvalue weighted by Crippen LogP contribution is -1.98. The third kappa shape index (κ3) is 3.20. The molecule has 0 fully saturated rings. The Balaban J connectivity index is 2.11. The summed E-state index contributed by atoms with van der Waals surface area (Å²) in [6.45, 7) is 6.59. The van der Waals surface area contributed by atoms with Gasteiger partial charge in [0.1, 0.15) is 0 Å². The molecule has 0 aromatic heterocycles. The van der Waals surface area contributed by atoms with Gasteiger partial charge in [-0.25, -0.2) is 0 Å². The highest BCUT2D eigenvalue weighted by Gasteiger charge is 2.06. The van der Waals surface area contributed by atoms with Crippen molar-refractivity contribution in [1.82, 2.24) is 0 Å². The molecular formula is C17H20. The molecule has 1 unspecified atom stereocenters. The summed E-state index contributed by atoms with van der Waals surface area (Å²) in [7, 11) is 0. The zero-order valence-corrected chi connectivity index (χ0v) is 10.9. The topological polar surface area (TPSA) is 0 Å². The molecule has 0 aliphatic heterocycles. The van der Waals surface area contributed by atoms with Crippen LogP contribution in [0, 0.1) is 13.8 Å². The van der Waals surface area contributed by atoms with Crippen LogP contribution in [0.4, 0.5) is 0 Å². The molecule has 17 heavy (non-hydrogen) atoms. The molecule has 0 aliphatic carbocycles. The molecule has 0 nitrogen and oxygen atoms in total. The number of hydrogen-bond donors (Lipinski definition) is 0. The van der Waals surface area contributed by atoms with E-state index >= 15 is 0 Å². The molecule has 0 radical (unpaired) electrons. The van der Waals surface area contributed by atoms with Crippen LogP contribution in [-0.2, 0) is 6.42 Å². The fourth-order valence-corrected chi connectivity index (χ4v) is 2.21. The summed E-state index contributed by atoms with van der Waals surface area (Å²) >= 11 is 0. The molecule has 0 spiro atoms. The summed E-state index contributed by atoms with van der Waals surface area (Å²) in [5.74, 6) is 0.581. The summed E-state index contributed by atoms with van der Waals surface area (Å²) < 4.78 is 0. The summed E-state index contributed by atoms with van der Waals surface area (Å²) in [4.78, 5) is 0. The molecule has 0 aliphatic rings. The second-order valence-electron chi connectivity index (χ2n) is 5.00. The fourth-order valence-electron chi connectivity index (χ4n) is 2.21. The van der Waals surface area contributed by atoms with Crippen molar-refractivity contribution in [3.8, 4) is 0 Å². The van der Waals surface area contributed by atoms with E-state index in [0.717, 1.165) is 6.42 Å². The van der Waals surface area contributed by atoms with Gasteiger partial charge in [-0.2, -0.15) is 0 Å². The lowest BCUT2D eigenvalue weighted by Gasteiger charge is -2.12. The van der Waals surface area contributed by atoms with Crippen molar-refractivity contribution in [3.63, 3.8) is 0 Å². The standard InChI is InChI=1S/C17H20/c1-13-7-9-17(10-8-13)15(3)12-16-6-4-5-14(2)11-16/h4-11,15H,12H2,1-3H3. The highest BCUT2D eigenvalue weighted by Crippen LogP contribution is 2.21. The lowest BCUT2D eigenvalue weighted by atomic mass is 9.93. The number of hydrogen-bond acceptors (Lipinski definition) is 0. The quantitative estimate of drug-likeness (QED) is 0.712. The molecule has 0 heterocycles. The van der Waals surface area contributed by atoms with E-state index in [-0.39, 0.29) is 0 Å². The summed E-state index contributed by atoms with van der Waals surface area (Å²) in [5.41, 5.74) is 5.53. The minimum absolute atomic E-state index is 0.581. The van der Waals surface area contributed by atoms with Crippen LogP contribution in [0.2, 0.25) is 0 Å². The van der Waals surface area contributed by atoms with E-state index in [4.69, 9.17) is 0 Å². The maximum Gasteiger partial charge on any atom is -0.0150 e. The third-order valence-corrected chi connectivity index (χ3v) is 3.27. The van der Waals surface area contributed by atoms with Gasteiger partial charge >= 0.3 is 0 Å². The Morgan fingerprint density at radius 2 is 1.59 bits per heavy atom. The fraction of sp³-hybridized carbons (Fsp3) is 0.294. The number of rotatable bonds is 3. The molecule has 0 N–H and O–H groups in total. The molecule has 0 saturated carbocycles. The molecule has 2 aromatic rings. The third-order valence-electron chi connectivity index (χ3n) is 3.27. The van der Waals surface area contributed by atoms with E-state index in [9.17, 15) is 0 Å². The monoisotopic (exact) mass is 224 g/mol. The molecular weight excluding hydrogens is 204 g/mol. The van der Waals surface area contributed by atoms with Crippen LogP contribution < -0.4 is 0 Å². The zero-order valence-electron chi connectivity index (χ0n) is 10.9. The van der Waals surface area contributed by atoms with E-state index in [1.807, 2.05) is 0 Å². The van der Waals surface area contributed by atoms with Crippen molar-refractivity contribution in [2.75, 3.05) is 0 Å². The first kappa shape index (κ1) is 11.9. The zero-order chi connectivity index (χ0) is 12.3. The average molecular weight is 224 g/mol. The van der Waals surface area contributed by atoms with Crippen molar-refractivity contribution < 1.29 is 0 Å². The molecule has 0 heteroatoms. The van der Waals surface area contributed by atoms with Gasteiger partial charge in [0.2, 0.25) is 0 Å². The Morgan fingerprint density at radius 1 is 0.882 bits per heavy atom. The maximum absolute atomic E-state index is 2.30. The maximum atomic E-state index is 2.30. The van der Waals surface area contributed by atoms with Gasteiger partial charge in [-0.15, -0.1) is 0 Å². The Bertz CT molecular complexity index is 480. The van der Waals surface area contributed by atoms with Crippen LogP contribution in [0.5, 0.6) is 0 Å². The molecule has 88 valence electrons. The van der Waals surface area contributed by atoms with E-state index in [2.05, 4.69) is 69.3 Å². The Kier molecular flexibility index (Phi) is 3.63. The van der Waals surface area contributed by atoms with Gasteiger partial charge in [-0.3, -0.25) is 0 Å². The molecule has 0 saturated heterocycles. The van der Waals surface area contributed by atoms with E-state index in [1.54, 1.807) is 0 Å². The predicted molar refractivity (Wildman–Crippen MR) is 74.5 cm³/mol. The molecule has 0 amide bonds. The normalized spacial score (nSPS) is 12.4. The van der Waals surface area contributed by atoms with Crippen molar-refractivity contribution in [3.05, 3.63) is 70.8 Å². The van der Waals surface area contributed by atoms with Gasteiger partial charge in [0.05, 0.1) is 0 Å². The van der Waals surface area contributed by atoms with Crippen LogP contribution in [0.25, 0.3) is 0 Å². The Morgan fingerprint density at radius 3 is 2.24 bits per heavy atom. The summed E-state index contributed by atoms with van der Waals surface area (Å²) in [6.07, 6.45) is 1.12. The second kappa shape index (κ2) is 5.18. The molecule has 2 rings (SSSR count). The predicted octanol–water partition coefficient (Wildman–Crippen LogP) is 4.65. The van der Waals surface area contributed by atoms with Crippen molar-refractivity contribution in [2.24, 2.45) is 0 Å². The van der Waals surface area contributed by atoms with E-state index in [0.29, 0.717) is 5.92 Å². The highest BCUT2D eigenvalue weighted by atomic mass is 14.1. The Hall–Kier alpha value is -1.56. The summed E-state index contributed by atoms with van der Waals surface area (Å²) in [5, 5.41) is 0. The van der Waals surface area contributed by atoms with Crippen molar-refractivity contribution >= 4 is 0 Å². The largest absolute Gasteiger partial charge is 0.0617 e. The Labute approximate surface area is 104 Å². The second-order valence-corrected chi connectivity index (χ2v) is 5.00. The highest BCUT2D eigenvalue weighted by molar-refractivity contribution is 5.28. The van der Waals surface area contributed by atoms with Gasteiger partial charge in [0, 0.05) is 0 Å². The van der Waals surface area contributed by atoms with Crippen LogP contribution in [0.3, 0.4) is 0 Å². The van der Waals surface area contributed by atoms with Gasteiger partial charge in [-0.1, -0.05) is 66.6 Å². The van der Waals surface area contributed by atoms with Crippen molar-refractivity contribution in [2.45, 2.75) is 33.1 Å². The SMILES string of the molecule is Cc1ccc(C(C)Cc2cccc(C)c2)cc1. The van der Waals surface area contributed by atoms with E-state index in [1.165, 1.54) is 22.3 Å². The van der Waals surface area contributed by atoms with E-state index < -0.39 is 0 Å². The first-order valence-corrected chi connectivity index (χ1v) is 6.27. The first-order chi connectivity index (χ1) is 8.15. The average Bonchev–Trinajstić information content (AvgIpc) is 2.29. The van der Waals surface area contributed by atoms with Gasteiger partial charge in [-0.05, 0) is 37.3 Å². The smallest absolute Gasteiger partial charge is 0.0150 e. The first-order valence-electron chi connectivity index (χ1n) is 6.27. The van der Waals surface area contributed by atoms with Crippen LogP contribution in [-0.4, -0.2) is 0 Å². The minimum Gasteiger partial charge on any atom is -0.0617 e. The van der Waals surface area contributed by atoms with Crippen molar-refractivity contribution in [1.29, 1.82) is 0 Å². The number of benzene rings is 2. The van der Waals surface area contributed by atoms with Crippen LogP contribution in [0.1, 0.15) is 35.1 Å². The van der Waals surface area contributed by atoms with Gasteiger partial charge in [0.25, 0.3) is 0 Å².